The van der Waals surface area contributed by atoms with Crippen molar-refractivity contribution in [3.63, 3.8) is 0 Å². The monoisotopic (exact) mass is 519 g/mol. The average Bonchev–Trinajstić information content (AvgIpc) is 3.27. The maximum atomic E-state index is 12.3. The Labute approximate surface area is 223 Å². The van der Waals surface area contributed by atoms with E-state index in [1.807, 2.05) is 30.3 Å². The summed E-state index contributed by atoms with van der Waals surface area (Å²) >= 11 is 5.98. The molecule has 3 aromatic carbocycles. The van der Waals surface area contributed by atoms with Crippen LogP contribution < -0.4 is 14.8 Å². The molecule has 194 valence electrons. The Balaban J connectivity index is 1.22. The first-order valence-corrected chi connectivity index (χ1v) is 13.3. The highest BCUT2D eigenvalue weighted by Gasteiger charge is 2.11. The van der Waals surface area contributed by atoms with Crippen molar-refractivity contribution in [1.29, 1.82) is 0 Å². The van der Waals surface area contributed by atoms with Crippen LogP contribution in [-0.4, -0.2) is 35.7 Å². The summed E-state index contributed by atoms with van der Waals surface area (Å²) in [6, 6.07) is 23.1. The van der Waals surface area contributed by atoms with Crippen LogP contribution in [0.3, 0.4) is 0 Å². The Morgan fingerprint density at radius 1 is 0.919 bits per heavy atom. The first-order chi connectivity index (χ1) is 18.2. The van der Waals surface area contributed by atoms with Crippen molar-refractivity contribution in [1.82, 2.24) is 14.9 Å². The minimum Gasteiger partial charge on any atom is -0.493 e. The minimum atomic E-state index is -0.0843. The summed E-state index contributed by atoms with van der Waals surface area (Å²) in [6.45, 7) is 2.19. The Kier molecular flexibility index (Phi) is 9.83. The second kappa shape index (κ2) is 13.7. The predicted octanol–water partition coefficient (Wildman–Crippen LogP) is 6.70. The molecule has 0 fully saturated rings. The van der Waals surface area contributed by atoms with E-state index < -0.39 is 0 Å². The van der Waals surface area contributed by atoms with Gasteiger partial charge in [0, 0.05) is 30.1 Å². The fraction of sp³-hybridized carbons (Fsp3) is 0.333. The molecule has 0 bridgehead atoms. The Bertz CT molecular complexity index is 1300. The van der Waals surface area contributed by atoms with E-state index in [0.717, 1.165) is 67.9 Å². The van der Waals surface area contributed by atoms with Crippen LogP contribution in [0.5, 0.6) is 11.5 Å². The number of amides is 1. The fourth-order valence-electron chi connectivity index (χ4n) is 4.38. The molecule has 0 aliphatic carbocycles. The molecular formula is C30H34ClN3O3. The third-order valence-corrected chi connectivity index (χ3v) is 6.52. The molecule has 0 radical (unpaired) electrons. The standard InChI is InChI=1S/C30H34ClN3O3/c1-36-27-16-6-7-17-28(27)37-21-10-9-20-34-26-15-5-4-14-25(26)33-29(34)18-3-2-8-19-32-30(35)23-12-11-13-24(31)22-23/h4-7,11-17,22H,2-3,8-10,18-21H2,1H3,(H,32,35). The zero-order valence-electron chi connectivity index (χ0n) is 21.3. The lowest BCUT2D eigenvalue weighted by molar-refractivity contribution is 0.0953. The maximum Gasteiger partial charge on any atom is 0.251 e. The number of ether oxygens (including phenoxy) is 2. The zero-order chi connectivity index (χ0) is 25.9. The highest BCUT2D eigenvalue weighted by atomic mass is 35.5. The number of para-hydroxylation sites is 4. The molecule has 4 aromatic rings. The van der Waals surface area contributed by atoms with Gasteiger partial charge < -0.3 is 19.4 Å². The van der Waals surface area contributed by atoms with Crippen LogP contribution in [0.4, 0.5) is 0 Å². The number of methoxy groups -OCH3 is 1. The van der Waals surface area contributed by atoms with Gasteiger partial charge in [-0.2, -0.15) is 0 Å². The minimum absolute atomic E-state index is 0.0843. The topological polar surface area (TPSA) is 65.4 Å². The summed E-state index contributed by atoms with van der Waals surface area (Å²) in [4.78, 5) is 17.2. The number of halogens is 1. The van der Waals surface area contributed by atoms with E-state index in [4.69, 9.17) is 26.1 Å². The van der Waals surface area contributed by atoms with E-state index in [-0.39, 0.29) is 5.91 Å². The number of nitrogens with one attached hydrogen (secondary N) is 1. The van der Waals surface area contributed by atoms with Gasteiger partial charge in [0.15, 0.2) is 11.5 Å². The molecule has 1 amide bonds. The predicted molar refractivity (Wildman–Crippen MR) is 149 cm³/mol. The van der Waals surface area contributed by atoms with Gasteiger partial charge in [-0.1, -0.05) is 48.4 Å². The lowest BCUT2D eigenvalue weighted by Gasteiger charge is -2.12. The molecule has 0 aliphatic heterocycles. The molecule has 6 nitrogen and oxygen atoms in total. The number of hydrogen-bond donors (Lipinski definition) is 1. The molecule has 0 aliphatic rings. The molecule has 1 heterocycles. The lowest BCUT2D eigenvalue weighted by atomic mass is 10.1. The van der Waals surface area contributed by atoms with E-state index >= 15 is 0 Å². The number of rotatable bonds is 14. The van der Waals surface area contributed by atoms with Crippen molar-refractivity contribution >= 4 is 28.5 Å². The van der Waals surface area contributed by atoms with Gasteiger partial charge in [-0.05, 0) is 68.1 Å². The van der Waals surface area contributed by atoms with Gasteiger partial charge in [0.2, 0.25) is 0 Å². The van der Waals surface area contributed by atoms with Crippen molar-refractivity contribution in [2.45, 2.75) is 45.1 Å². The summed E-state index contributed by atoms with van der Waals surface area (Å²) in [5.74, 6) is 2.57. The number of hydrogen-bond acceptors (Lipinski definition) is 4. The van der Waals surface area contributed by atoms with Crippen LogP contribution in [0.25, 0.3) is 11.0 Å². The number of aromatic nitrogens is 2. The molecule has 4 rings (SSSR count). The fourth-order valence-corrected chi connectivity index (χ4v) is 4.57. The van der Waals surface area contributed by atoms with Crippen LogP contribution in [0.1, 0.15) is 48.3 Å². The smallest absolute Gasteiger partial charge is 0.251 e. The molecule has 0 saturated heterocycles. The summed E-state index contributed by atoms with van der Waals surface area (Å²) in [5.41, 5.74) is 2.81. The van der Waals surface area contributed by atoms with E-state index in [0.29, 0.717) is 23.7 Å². The Hall–Kier alpha value is -3.51. The molecule has 7 heteroatoms. The molecule has 1 aromatic heterocycles. The van der Waals surface area contributed by atoms with Crippen LogP contribution in [0, 0.1) is 0 Å². The first-order valence-electron chi connectivity index (χ1n) is 12.9. The lowest BCUT2D eigenvalue weighted by Crippen LogP contribution is -2.24. The maximum absolute atomic E-state index is 12.3. The number of carbonyl (C=O) groups excluding carboxylic acids is 1. The first kappa shape index (κ1) is 26.6. The molecular weight excluding hydrogens is 486 g/mol. The van der Waals surface area contributed by atoms with Crippen molar-refractivity contribution < 1.29 is 14.3 Å². The van der Waals surface area contributed by atoms with E-state index in [2.05, 4.69) is 28.1 Å². The largest absolute Gasteiger partial charge is 0.493 e. The van der Waals surface area contributed by atoms with E-state index in [9.17, 15) is 4.79 Å². The van der Waals surface area contributed by atoms with Gasteiger partial charge in [-0.25, -0.2) is 4.98 Å². The summed E-state index contributed by atoms with van der Waals surface area (Å²) in [7, 11) is 1.66. The van der Waals surface area contributed by atoms with Crippen LogP contribution in [0.2, 0.25) is 5.02 Å². The summed E-state index contributed by atoms with van der Waals surface area (Å²) in [5, 5.41) is 3.55. The van der Waals surface area contributed by atoms with Gasteiger partial charge in [0.05, 0.1) is 24.8 Å². The average molecular weight is 520 g/mol. The molecule has 37 heavy (non-hydrogen) atoms. The SMILES string of the molecule is COc1ccccc1OCCCCn1c(CCCCCNC(=O)c2cccc(Cl)c2)nc2ccccc21. The van der Waals surface area contributed by atoms with E-state index in [1.165, 1.54) is 5.52 Å². The number of carbonyl (C=O) groups is 1. The number of benzene rings is 3. The number of fused-ring (bicyclic) bond motifs is 1. The number of unbranched alkanes of at least 4 members (excludes halogenated alkanes) is 3. The summed E-state index contributed by atoms with van der Waals surface area (Å²) < 4.78 is 13.6. The summed E-state index contributed by atoms with van der Waals surface area (Å²) in [6.07, 6.45) is 5.81. The molecule has 1 N–H and O–H groups in total. The highest BCUT2D eigenvalue weighted by Crippen LogP contribution is 2.26. The molecule has 0 atom stereocenters. The third kappa shape index (κ3) is 7.49. The van der Waals surface area contributed by atoms with Crippen molar-refractivity contribution in [2.75, 3.05) is 20.3 Å². The Morgan fingerprint density at radius 2 is 1.73 bits per heavy atom. The van der Waals surface area contributed by atoms with Crippen LogP contribution >= 0.6 is 11.6 Å². The van der Waals surface area contributed by atoms with E-state index in [1.54, 1.807) is 31.4 Å². The van der Waals surface area contributed by atoms with Gasteiger partial charge in [0.25, 0.3) is 5.91 Å². The van der Waals surface area contributed by atoms with Gasteiger partial charge in [0.1, 0.15) is 5.82 Å². The van der Waals surface area contributed by atoms with Crippen molar-refractivity contribution in [3.8, 4) is 11.5 Å². The van der Waals surface area contributed by atoms with Gasteiger partial charge >= 0.3 is 0 Å². The normalized spacial score (nSPS) is 11.0. The number of nitrogens with zero attached hydrogens (tertiary/aromatic N) is 2. The molecule has 0 unspecified atom stereocenters. The highest BCUT2D eigenvalue weighted by molar-refractivity contribution is 6.30. The molecule has 0 spiro atoms. The van der Waals surface area contributed by atoms with Crippen LogP contribution in [-0.2, 0) is 13.0 Å². The quantitative estimate of drug-likeness (QED) is 0.188. The van der Waals surface area contributed by atoms with Gasteiger partial charge in [-0.15, -0.1) is 0 Å². The number of aryl methyl sites for hydroxylation is 2. The second-order valence-corrected chi connectivity index (χ2v) is 9.39. The Morgan fingerprint density at radius 3 is 2.57 bits per heavy atom. The second-order valence-electron chi connectivity index (χ2n) is 8.95. The number of imidazole rings is 1. The zero-order valence-corrected chi connectivity index (χ0v) is 22.0. The van der Waals surface area contributed by atoms with Gasteiger partial charge in [-0.3, -0.25) is 4.79 Å². The molecule has 0 saturated carbocycles. The van der Waals surface area contributed by atoms with Crippen molar-refractivity contribution in [2.24, 2.45) is 0 Å². The third-order valence-electron chi connectivity index (χ3n) is 6.29. The van der Waals surface area contributed by atoms with Crippen LogP contribution in [0.15, 0.2) is 72.8 Å². The van der Waals surface area contributed by atoms with Crippen molar-refractivity contribution in [3.05, 3.63) is 89.2 Å².